The molecule has 0 aliphatic heterocycles. The van der Waals surface area contributed by atoms with E-state index in [0.717, 1.165) is 5.56 Å². The Bertz CT molecular complexity index is 968. The summed E-state index contributed by atoms with van der Waals surface area (Å²) < 4.78 is 11.0. The third-order valence-electron chi connectivity index (χ3n) is 3.49. The number of hydrogen-bond acceptors (Lipinski definition) is 6. The summed E-state index contributed by atoms with van der Waals surface area (Å²) in [5.41, 5.74) is 1.07. The summed E-state index contributed by atoms with van der Waals surface area (Å²) in [6.45, 7) is 3.83. The molecule has 6 nitrogen and oxygen atoms in total. The molecular formula is C19H17N3O3S. The highest BCUT2D eigenvalue weighted by atomic mass is 32.2. The number of nitrogens with one attached hydrogen (secondary N) is 1. The van der Waals surface area contributed by atoms with Crippen LogP contribution in [0.5, 0.6) is 11.5 Å². The summed E-state index contributed by atoms with van der Waals surface area (Å²) in [6, 6.07) is 5.38. The second kappa shape index (κ2) is 8.80. The van der Waals surface area contributed by atoms with E-state index in [1.165, 1.54) is 18.9 Å². The highest BCUT2D eigenvalue weighted by molar-refractivity contribution is 7.98. The first-order valence-electron chi connectivity index (χ1n) is 7.56. The van der Waals surface area contributed by atoms with Crippen LogP contribution in [0.15, 0.2) is 34.7 Å². The molecule has 2 aromatic rings. The van der Waals surface area contributed by atoms with Crippen molar-refractivity contribution in [3.8, 4) is 41.2 Å². The number of terminal acetylenes is 1. The van der Waals surface area contributed by atoms with E-state index in [4.69, 9.17) is 15.9 Å². The number of aromatic amines is 1. The van der Waals surface area contributed by atoms with Gasteiger partial charge in [-0.05, 0) is 24.8 Å². The number of thioether (sulfide) groups is 1. The van der Waals surface area contributed by atoms with Crippen LogP contribution in [0, 0.1) is 23.7 Å². The van der Waals surface area contributed by atoms with Gasteiger partial charge in [0.1, 0.15) is 18.2 Å². The summed E-state index contributed by atoms with van der Waals surface area (Å²) in [4.78, 5) is 19.1. The van der Waals surface area contributed by atoms with Crippen LogP contribution in [-0.2, 0) is 6.42 Å². The van der Waals surface area contributed by atoms with E-state index in [-0.39, 0.29) is 17.9 Å². The lowest BCUT2D eigenvalue weighted by molar-refractivity contribution is 0.328. The van der Waals surface area contributed by atoms with Gasteiger partial charge in [0.2, 0.25) is 0 Å². The fraction of sp³-hybridized carbons (Fsp3) is 0.211. The number of allylic oxidation sites excluding steroid dienone is 1. The molecule has 0 radical (unpaired) electrons. The molecule has 0 atom stereocenters. The molecule has 0 unspecified atom stereocenters. The summed E-state index contributed by atoms with van der Waals surface area (Å²) >= 11 is 1.28. The van der Waals surface area contributed by atoms with E-state index in [9.17, 15) is 10.1 Å². The van der Waals surface area contributed by atoms with Gasteiger partial charge in [-0.2, -0.15) is 5.26 Å². The number of hydrogen-bond donors (Lipinski definition) is 1. The first kappa shape index (κ1) is 19.2. The highest BCUT2D eigenvalue weighted by Crippen LogP contribution is 2.37. The minimum Gasteiger partial charge on any atom is -0.493 e. The fourth-order valence-electron chi connectivity index (χ4n) is 2.39. The number of nitrogens with zero attached hydrogens (tertiary/aromatic N) is 2. The van der Waals surface area contributed by atoms with E-state index in [2.05, 4.69) is 22.5 Å². The number of rotatable bonds is 7. The second-order valence-electron chi connectivity index (χ2n) is 5.06. The summed E-state index contributed by atoms with van der Waals surface area (Å²) in [5.74, 6) is 3.36. The van der Waals surface area contributed by atoms with Gasteiger partial charge in [-0.15, -0.1) is 13.0 Å². The van der Waals surface area contributed by atoms with Gasteiger partial charge < -0.3 is 14.5 Å². The van der Waals surface area contributed by atoms with Crippen molar-refractivity contribution in [1.82, 2.24) is 9.97 Å². The number of nitriles is 1. The average Bonchev–Trinajstić information content (AvgIpc) is 2.65. The van der Waals surface area contributed by atoms with Crippen molar-refractivity contribution < 1.29 is 9.47 Å². The van der Waals surface area contributed by atoms with E-state index >= 15 is 0 Å². The van der Waals surface area contributed by atoms with Gasteiger partial charge in [0.15, 0.2) is 16.7 Å². The second-order valence-corrected chi connectivity index (χ2v) is 5.86. The Morgan fingerprint density at radius 2 is 2.27 bits per heavy atom. The van der Waals surface area contributed by atoms with Gasteiger partial charge in [0.05, 0.1) is 12.8 Å². The van der Waals surface area contributed by atoms with Crippen molar-refractivity contribution in [2.75, 3.05) is 20.0 Å². The normalized spacial score (nSPS) is 9.85. The van der Waals surface area contributed by atoms with Crippen LogP contribution in [0.2, 0.25) is 0 Å². The van der Waals surface area contributed by atoms with Crippen molar-refractivity contribution in [1.29, 1.82) is 5.26 Å². The minimum absolute atomic E-state index is 0.0632. The van der Waals surface area contributed by atoms with E-state index in [0.29, 0.717) is 28.6 Å². The Morgan fingerprint density at radius 3 is 2.85 bits per heavy atom. The van der Waals surface area contributed by atoms with Gasteiger partial charge in [0.25, 0.3) is 5.56 Å². The molecule has 0 bridgehead atoms. The van der Waals surface area contributed by atoms with Crippen molar-refractivity contribution in [2.24, 2.45) is 0 Å². The zero-order chi connectivity index (χ0) is 19.1. The van der Waals surface area contributed by atoms with E-state index < -0.39 is 5.56 Å². The average molecular weight is 367 g/mol. The minimum atomic E-state index is -0.487. The monoisotopic (exact) mass is 367 g/mol. The van der Waals surface area contributed by atoms with Gasteiger partial charge >= 0.3 is 0 Å². The fourth-order valence-corrected chi connectivity index (χ4v) is 2.77. The van der Waals surface area contributed by atoms with E-state index in [1.54, 1.807) is 24.5 Å². The first-order valence-corrected chi connectivity index (χ1v) is 8.78. The lowest BCUT2D eigenvalue weighted by atomic mass is 10.0. The van der Waals surface area contributed by atoms with Crippen molar-refractivity contribution >= 4 is 11.8 Å². The molecular weight excluding hydrogens is 350 g/mol. The topological polar surface area (TPSA) is 88.0 Å². The maximum Gasteiger partial charge on any atom is 0.270 e. The molecule has 26 heavy (non-hydrogen) atoms. The lowest BCUT2D eigenvalue weighted by Crippen LogP contribution is -2.14. The summed E-state index contributed by atoms with van der Waals surface area (Å²) in [5, 5.41) is 9.80. The van der Waals surface area contributed by atoms with E-state index in [1.807, 2.05) is 6.07 Å². The predicted octanol–water partition coefficient (Wildman–Crippen LogP) is 2.78. The predicted molar refractivity (Wildman–Crippen MR) is 102 cm³/mol. The first-order chi connectivity index (χ1) is 12.6. The maximum absolute atomic E-state index is 12.2. The van der Waals surface area contributed by atoms with Gasteiger partial charge in [-0.1, -0.05) is 23.8 Å². The Balaban J connectivity index is 2.75. The molecule has 1 N–H and O–H groups in total. The Morgan fingerprint density at radius 1 is 1.50 bits per heavy atom. The molecule has 0 fully saturated rings. The number of benzene rings is 1. The van der Waals surface area contributed by atoms with Crippen LogP contribution in [-0.4, -0.2) is 29.9 Å². The van der Waals surface area contributed by atoms with Crippen LogP contribution in [0.3, 0.4) is 0 Å². The standard InChI is InChI=1S/C19H17N3O3S/c1-5-7-12-9-13(10-15(24-3)17(12)25-8-6-2)16-14(11-20)18(23)22-19(21-16)26-4/h2,5,9-10H,1,7-8H2,3-4H3,(H,21,22,23). The Labute approximate surface area is 155 Å². The zero-order valence-electron chi connectivity index (χ0n) is 14.5. The smallest absolute Gasteiger partial charge is 0.270 e. The molecule has 0 aliphatic carbocycles. The van der Waals surface area contributed by atoms with Crippen LogP contribution in [0.4, 0.5) is 0 Å². The number of H-pyrrole nitrogens is 1. The quantitative estimate of drug-likeness (QED) is 0.350. The van der Waals surface area contributed by atoms with Gasteiger partial charge in [0, 0.05) is 11.1 Å². The van der Waals surface area contributed by atoms with Gasteiger partial charge in [-0.3, -0.25) is 4.79 Å². The van der Waals surface area contributed by atoms with Crippen LogP contribution >= 0.6 is 11.8 Å². The van der Waals surface area contributed by atoms with Crippen molar-refractivity contribution in [2.45, 2.75) is 11.6 Å². The number of ether oxygens (including phenoxy) is 2. The largest absolute Gasteiger partial charge is 0.493 e. The van der Waals surface area contributed by atoms with Gasteiger partial charge in [-0.25, -0.2) is 4.98 Å². The van der Waals surface area contributed by atoms with Crippen LogP contribution < -0.4 is 15.0 Å². The summed E-state index contributed by atoms with van der Waals surface area (Å²) in [6.07, 6.45) is 9.27. The molecule has 0 saturated carbocycles. The molecule has 1 aromatic carbocycles. The molecule has 2 rings (SSSR count). The molecule has 0 saturated heterocycles. The Kier molecular flexibility index (Phi) is 6.48. The molecule has 1 heterocycles. The third-order valence-corrected chi connectivity index (χ3v) is 4.07. The molecule has 0 aliphatic rings. The third kappa shape index (κ3) is 3.90. The SMILES string of the molecule is C#CCOc1c(CC=C)cc(-c2nc(SC)[nH]c(=O)c2C#N)cc1OC. The van der Waals surface area contributed by atoms with Crippen LogP contribution in [0.25, 0.3) is 11.3 Å². The summed E-state index contributed by atoms with van der Waals surface area (Å²) in [7, 11) is 1.50. The number of aromatic nitrogens is 2. The molecule has 132 valence electrons. The van der Waals surface area contributed by atoms with Crippen molar-refractivity contribution in [3.63, 3.8) is 0 Å². The molecule has 7 heteroatoms. The van der Waals surface area contributed by atoms with Crippen LogP contribution in [0.1, 0.15) is 11.1 Å². The number of methoxy groups -OCH3 is 1. The van der Waals surface area contributed by atoms with Crippen molar-refractivity contribution in [3.05, 3.63) is 46.3 Å². The lowest BCUT2D eigenvalue weighted by Gasteiger charge is -2.15. The molecule has 1 aromatic heterocycles. The highest BCUT2D eigenvalue weighted by Gasteiger charge is 2.18. The Hall–Kier alpha value is -3.16. The zero-order valence-corrected chi connectivity index (χ0v) is 15.3. The molecule has 0 spiro atoms. The molecule has 0 amide bonds. The maximum atomic E-state index is 12.2.